The molecule has 0 amide bonds. The summed E-state index contributed by atoms with van der Waals surface area (Å²) in [4.78, 5) is 0. The van der Waals surface area contributed by atoms with Crippen molar-refractivity contribution in [3.05, 3.63) is 33.4 Å². The molecule has 0 radical (unpaired) electrons. The van der Waals surface area contributed by atoms with Crippen molar-refractivity contribution in [1.29, 1.82) is 0 Å². The summed E-state index contributed by atoms with van der Waals surface area (Å²) in [5.41, 5.74) is 6.08. The maximum atomic E-state index is 10.5. The first-order valence-corrected chi connectivity index (χ1v) is 6.98. The fraction of sp³-hybridized carbons (Fsp3) is 0.625. The lowest BCUT2D eigenvalue weighted by Crippen LogP contribution is -2.46. The molecule has 0 bridgehead atoms. The van der Waals surface area contributed by atoms with E-state index in [0.29, 0.717) is 0 Å². The van der Waals surface area contributed by atoms with Gasteiger partial charge in [0, 0.05) is 12.8 Å². The molecule has 0 saturated heterocycles. The molecule has 1 aromatic carbocycles. The van der Waals surface area contributed by atoms with E-state index in [1.807, 2.05) is 13.8 Å². The summed E-state index contributed by atoms with van der Waals surface area (Å²) in [6.07, 6.45) is 3.05. The van der Waals surface area contributed by atoms with Gasteiger partial charge in [-0.15, -0.1) is 0 Å². The lowest BCUT2D eigenvalue weighted by atomic mass is 9.59. The second kappa shape index (κ2) is 3.37. The molecule has 2 N–H and O–H groups in total. The van der Waals surface area contributed by atoms with Crippen LogP contribution in [0.15, 0.2) is 0 Å². The minimum Gasteiger partial charge on any atom is -0.385 e. The highest BCUT2D eigenvalue weighted by atomic mass is 16.3. The molecule has 0 unspecified atom stereocenters. The highest BCUT2D eigenvalue weighted by Gasteiger charge is 2.49. The maximum Gasteiger partial charge on any atom is 0.0939 e. The van der Waals surface area contributed by atoms with Crippen molar-refractivity contribution < 1.29 is 10.2 Å². The van der Waals surface area contributed by atoms with Crippen molar-refractivity contribution in [2.45, 2.75) is 64.6 Å². The summed E-state index contributed by atoms with van der Waals surface area (Å²) in [6, 6.07) is 0. The Morgan fingerprint density at radius 2 is 1.17 bits per heavy atom. The maximum absolute atomic E-state index is 10.5. The minimum atomic E-state index is -0.612. The van der Waals surface area contributed by atoms with Gasteiger partial charge in [0.15, 0.2) is 0 Å². The largest absolute Gasteiger partial charge is 0.385 e. The van der Waals surface area contributed by atoms with Crippen molar-refractivity contribution in [3.8, 4) is 0 Å². The van der Waals surface area contributed by atoms with E-state index in [9.17, 15) is 10.2 Å². The third-order valence-corrected chi connectivity index (χ3v) is 5.30. The van der Waals surface area contributed by atoms with E-state index < -0.39 is 11.2 Å². The molecular weight excluding hydrogens is 224 g/mol. The van der Waals surface area contributed by atoms with Gasteiger partial charge in [0.25, 0.3) is 0 Å². The van der Waals surface area contributed by atoms with E-state index in [2.05, 4.69) is 13.8 Å². The summed E-state index contributed by atoms with van der Waals surface area (Å²) < 4.78 is 0. The first-order chi connectivity index (χ1) is 8.38. The normalized spacial score (nSPS) is 32.3. The van der Waals surface area contributed by atoms with Crippen LogP contribution >= 0.6 is 0 Å². The third kappa shape index (κ3) is 1.16. The first-order valence-electron chi connectivity index (χ1n) is 6.98. The zero-order valence-corrected chi connectivity index (χ0v) is 11.7. The summed E-state index contributed by atoms with van der Waals surface area (Å²) in [7, 11) is 0. The van der Waals surface area contributed by atoms with Crippen LogP contribution in [0.25, 0.3) is 0 Å². The highest BCUT2D eigenvalue weighted by Crippen LogP contribution is 2.54. The Hall–Kier alpha value is -0.860. The van der Waals surface area contributed by atoms with E-state index in [-0.39, 0.29) is 0 Å². The summed E-state index contributed by atoms with van der Waals surface area (Å²) >= 11 is 0. The second-order valence-electron chi connectivity index (χ2n) is 6.08. The Kier molecular flexibility index (Phi) is 2.28. The molecule has 2 nitrogen and oxygen atoms in total. The number of fused-ring (bicyclic) bond motifs is 2. The minimum absolute atomic E-state index is 0.612. The van der Waals surface area contributed by atoms with Gasteiger partial charge < -0.3 is 10.2 Å². The summed E-state index contributed by atoms with van der Waals surface area (Å²) in [6.45, 7) is 8.29. The molecule has 0 aliphatic heterocycles. The number of hydrogen-bond donors (Lipinski definition) is 2. The van der Waals surface area contributed by atoms with Crippen LogP contribution in [0.2, 0.25) is 0 Å². The zero-order valence-electron chi connectivity index (χ0n) is 11.7. The van der Waals surface area contributed by atoms with E-state index in [1.54, 1.807) is 0 Å². The van der Waals surface area contributed by atoms with Gasteiger partial charge in [0.2, 0.25) is 0 Å². The monoisotopic (exact) mass is 246 g/mol. The van der Waals surface area contributed by atoms with Crippen LogP contribution in [0.4, 0.5) is 0 Å². The average Bonchev–Trinajstić information content (AvgIpc) is 2.30. The van der Waals surface area contributed by atoms with Crippen LogP contribution in [-0.2, 0) is 24.0 Å². The van der Waals surface area contributed by atoms with Crippen molar-refractivity contribution in [2.24, 2.45) is 0 Å². The van der Waals surface area contributed by atoms with Gasteiger partial charge in [-0.2, -0.15) is 0 Å². The molecule has 2 aliphatic rings. The van der Waals surface area contributed by atoms with E-state index in [4.69, 9.17) is 0 Å². The van der Waals surface area contributed by atoms with Crippen LogP contribution in [0.5, 0.6) is 0 Å². The Morgan fingerprint density at radius 1 is 0.833 bits per heavy atom. The third-order valence-electron chi connectivity index (χ3n) is 5.30. The molecule has 3 rings (SSSR count). The Balaban J connectivity index is 2.22. The van der Waals surface area contributed by atoms with Crippen LogP contribution < -0.4 is 0 Å². The molecular formula is C16H22O2. The average molecular weight is 246 g/mol. The molecule has 98 valence electrons. The van der Waals surface area contributed by atoms with Gasteiger partial charge in [0.1, 0.15) is 0 Å². The second-order valence-corrected chi connectivity index (χ2v) is 6.08. The topological polar surface area (TPSA) is 40.5 Å². The molecule has 2 atom stereocenters. The van der Waals surface area contributed by atoms with E-state index >= 15 is 0 Å². The predicted molar refractivity (Wildman–Crippen MR) is 71.7 cm³/mol. The fourth-order valence-corrected chi connectivity index (χ4v) is 3.98. The quantitative estimate of drug-likeness (QED) is 0.842. The summed E-state index contributed by atoms with van der Waals surface area (Å²) in [5.74, 6) is 0. The fourth-order valence-electron chi connectivity index (χ4n) is 3.98. The number of benzene rings is 1. The van der Waals surface area contributed by atoms with Crippen molar-refractivity contribution in [2.75, 3.05) is 0 Å². The smallest absolute Gasteiger partial charge is 0.0939 e. The van der Waals surface area contributed by atoms with Gasteiger partial charge in [-0.3, -0.25) is 0 Å². The Labute approximate surface area is 109 Å². The van der Waals surface area contributed by atoms with Crippen molar-refractivity contribution >= 4 is 0 Å². The van der Waals surface area contributed by atoms with E-state index in [1.165, 1.54) is 22.3 Å². The lowest BCUT2D eigenvalue weighted by Gasteiger charge is -2.49. The van der Waals surface area contributed by atoms with Gasteiger partial charge in [-0.1, -0.05) is 13.8 Å². The van der Waals surface area contributed by atoms with Crippen LogP contribution in [0.3, 0.4) is 0 Å². The molecule has 0 heterocycles. The van der Waals surface area contributed by atoms with Gasteiger partial charge in [0.05, 0.1) is 11.2 Å². The molecule has 0 spiro atoms. The Bertz CT molecular complexity index is 481. The first kappa shape index (κ1) is 12.2. The van der Waals surface area contributed by atoms with Gasteiger partial charge in [-0.25, -0.2) is 0 Å². The molecule has 2 aliphatic carbocycles. The molecule has 1 aromatic rings. The van der Waals surface area contributed by atoms with Crippen LogP contribution in [-0.4, -0.2) is 10.2 Å². The van der Waals surface area contributed by atoms with E-state index in [0.717, 1.165) is 36.8 Å². The molecule has 0 saturated carbocycles. The number of aliphatic hydroxyl groups is 2. The zero-order chi connectivity index (χ0) is 13.3. The SMILES string of the molecule is CC[C@@]1(O)Cc2c(C)c3c(c(C)c21)C[C@]3(O)CC. The van der Waals surface area contributed by atoms with Gasteiger partial charge >= 0.3 is 0 Å². The number of hydrogen-bond acceptors (Lipinski definition) is 2. The summed E-state index contributed by atoms with van der Waals surface area (Å²) in [5, 5.41) is 21.1. The van der Waals surface area contributed by atoms with Crippen molar-refractivity contribution in [3.63, 3.8) is 0 Å². The standard InChI is InChI=1S/C16H22O2/c1-5-15(17)7-11-10(4)14-12(9(3)13(11)15)8-16(14,18)6-2/h17-18H,5-8H2,1-4H3/t15-,16-/m1/s1. The lowest BCUT2D eigenvalue weighted by molar-refractivity contribution is -0.00458. The molecule has 18 heavy (non-hydrogen) atoms. The number of rotatable bonds is 2. The molecule has 2 heteroatoms. The molecule has 0 aromatic heterocycles. The van der Waals surface area contributed by atoms with Crippen LogP contribution in [0.1, 0.15) is 60.1 Å². The predicted octanol–water partition coefficient (Wildman–Crippen LogP) is 2.61. The van der Waals surface area contributed by atoms with Crippen LogP contribution in [0, 0.1) is 13.8 Å². The highest BCUT2D eigenvalue weighted by molar-refractivity contribution is 5.64. The Morgan fingerprint density at radius 3 is 1.44 bits per heavy atom. The van der Waals surface area contributed by atoms with Gasteiger partial charge in [-0.05, 0) is 60.1 Å². The van der Waals surface area contributed by atoms with Crippen molar-refractivity contribution in [1.82, 2.24) is 0 Å². The molecule has 0 fully saturated rings.